The summed E-state index contributed by atoms with van der Waals surface area (Å²) in [7, 11) is 1.62. The molecule has 1 aromatic heterocycles. The summed E-state index contributed by atoms with van der Waals surface area (Å²) in [5.74, 6) is 1.88. The van der Waals surface area contributed by atoms with Crippen LogP contribution in [0.3, 0.4) is 0 Å². The number of aromatic nitrogens is 3. The minimum Gasteiger partial charge on any atom is -0.497 e. The van der Waals surface area contributed by atoms with E-state index in [2.05, 4.69) is 20.5 Å². The fraction of sp³-hybridized carbons (Fsp3) is 0.400. The minimum atomic E-state index is -0.330. The zero-order valence-electron chi connectivity index (χ0n) is 12.3. The number of carbonyl (C=O) groups is 1. The SMILES string of the molecule is COc1ccc(-c2n[nH]c(CNC(=O)[C@@H]3CCCO3)n2)cc1. The Morgan fingerprint density at radius 1 is 1.45 bits per heavy atom. The summed E-state index contributed by atoms with van der Waals surface area (Å²) in [6.07, 6.45) is 1.38. The number of methoxy groups -OCH3 is 1. The highest BCUT2D eigenvalue weighted by molar-refractivity contribution is 5.80. The summed E-state index contributed by atoms with van der Waals surface area (Å²) in [4.78, 5) is 16.2. The van der Waals surface area contributed by atoms with Crippen LogP contribution in [0.2, 0.25) is 0 Å². The lowest BCUT2D eigenvalue weighted by atomic mass is 10.2. The van der Waals surface area contributed by atoms with Crippen LogP contribution in [0.1, 0.15) is 18.7 Å². The summed E-state index contributed by atoms with van der Waals surface area (Å²) in [6, 6.07) is 7.47. The first-order valence-corrected chi connectivity index (χ1v) is 7.21. The molecule has 0 spiro atoms. The molecule has 0 bridgehead atoms. The van der Waals surface area contributed by atoms with Crippen LogP contribution in [0.15, 0.2) is 24.3 Å². The first-order chi connectivity index (χ1) is 10.8. The summed E-state index contributed by atoms with van der Waals surface area (Å²) in [6.45, 7) is 0.962. The number of ether oxygens (including phenoxy) is 2. The molecule has 1 aromatic carbocycles. The van der Waals surface area contributed by atoms with E-state index in [9.17, 15) is 4.79 Å². The number of nitrogens with zero attached hydrogens (tertiary/aromatic N) is 2. The number of H-pyrrole nitrogens is 1. The maximum Gasteiger partial charge on any atom is 0.249 e. The number of hydrogen-bond acceptors (Lipinski definition) is 5. The van der Waals surface area contributed by atoms with Gasteiger partial charge in [-0.15, -0.1) is 0 Å². The molecule has 0 saturated carbocycles. The Bertz CT molecular complexity index is 632. The number of rotatable bonds is 5. The molecule has 1 fully saturated rings. The summed E-state index contributed by atoms with van der Waals surface area (Å²) in [5, 5.41) is 9.80. The molecule has 2 N–H and O–H groups in total. The van der Waals surface area contributed by atoms with Gasteiger partial charge in [-0.1, -0.05) is 0 Å². The summed E-state index contributed by atoms with van der Waals surface area (Å²) < 4.78 is 10.4. The molecule has 0 aliphatic carbocycles. The third-order valence-electron chi connectivity index (χ3n) is 3.53. The lowest BCUT2D eigenvalue weighted by Crippen LogP contribution is -2.33. The van der Waals surface area contributed by atoms with Crippen molar-refractivity contribution in [3.8, 4) is 17.1 Å². The van der Waals surface area contributed by atoms with E-state index in [1.54, 1.807) is 7.11 Å². The molecule has 1 saturated heterocycles. The summed E-state index contributed by atoms with van der Waals surface area (Å²) in [5.41, 5.74) is 0.883. The van der Waals surface area contributed by atoms with Crippen molar-refractivity contribution in [3.05, 3.63) is 30.1 Å². The van der Waals surface area contributed by atoms with Crippen molar-refractivity contribution < 1.29 is 14.3 Å². The molecule has 0 radical (unpaired) electrons. The van der Waals surface area contributed by atoms with Gasteiger partial charge in [-0.05, 0) is 37.1 Å². The third-order valence-corrected chi connectivity index (χ3v) is 3.53. The quantitative estimate of drug-likeness (QED) is 0.868. The molecule has 2 aromatic rings. The Hall–Kier alpha value is -2.41. The highest BCUT2D eigenvalue weighted by atomic mass is 16.5. The molecule has 2 heterocycles. The van der Waals surface area contributed by atoms with Crippen molar-refractivity contribution in [1.29, 1.82) is 0 Å². The van der Waals surface area contributed by atoms with Crippen molar-refractivity contribution in [2.75, 3.05) is 13.7 Å². The molecule has 1 aliphatic heterocycles. The Kier molecular flexibility index (Phi) is 4.34. The van der Waals surface area contributed by atoms with E-state index in [-0.39, 0.29) is 12.0 Å². The van der Waals surface area contributed by atoms with Crippen LogP contribution in [-0.4, -0.2) is 40.9 Å². The number of aromatic amines is 1. The van der Waals surface area contributed by atoms with Gasteiger partial charge in [0.25, 0.3) is 0 Å². The van der Waals surface area contributed by atoms with Gasteiger partial charge >= 0.3 is 0 Å². The molecule has 3 rings (SSSR count). The number of nitrogens with one attached hydrogen (secondary N) is 2. The van der Waals surface area contributed by atoms with E-state index >= 15 is 0 Å². The van der Waals surface area contributed by atoms with Crippen molar-refractivity contribution in [1.82, 2.24) is 20.5 Å². The molecule has 7 nitrogen and oxygen atoms in total. The van der Waals surface area contributed by atoms with E-state index < -0.39 is 0 Å². The zero-order chi connectivity index (χ0) is 15.4. The maximum absolute atomic E-state index is 11.9. The molecule has 1 atom stereocenters. The van der Waals surface area contributed by atoms with Crippen LogP contribution >= 0.6 is 0 Å². The maximum atomic E-state index is 11.9. The number of amides is 1. The Morgan fingerprint density at radius 3 is 2.95 bits per heavy atom. The van der Waals surface area contributed by atoms with Gasteiger partial charge in [-0.25, -0.2) is 4.98 Å². The monoisotopic (exact) mass is 302 g/mol. The van der Waals surface area contributed by atoms with Gasteiger partial charge in [-0.3, -0.25) is 9.89 Å². The van der Waals surface area contributed by atoms with Gasteiger partial charge < -0.3 is 14.8 Å². The number of carbonyl (C=O) groups excluding carboxylic acids is 1. The highest BCUT2D eigenvalue weighted by Crippen LogP contribution is 2.19. The second-order valence-corrected chi connectivity index (χ2v) is 5.05. The zero-order valence-corrected chi connectivity index (χ0v) is 12.3. The highest BCUT2D eigenvalue weighted by Gasteiger charge is 2.23. The fourth-order valence-corrected chi connectivity index (χ4v) is 2.31. The van der Waals surface area contributed by atoms with Crippen molar-refractivity contribution in [2.45, 2.75) is 25.5 Å². The van der Waals surface area contributed by atoms with Crippen molar-refractivity contribution in [3.63, 3.8) is 0 Å². The molecular weight excluding hydrogens is 284 g/mol. The van der Waals surface area contributed by atoms with Gasteiger partial charge in [0.05, 0.1) is 13.7 Å². The topological polar surface area (TPSA) is 89.1 Å². The fourth-order valence-electron chi connectivity index (χ4n) is 2.31. The van der Waals surface area contributed by atoms with Crippen molar-refractivity contribution in [2.24, 2.45) is 0 Å². The predicted molar refractivity (Wildman–Crippen MR) is 79.2 cm³/mol. The Balaban J connectivity index is 1.59. The van der Waals surface area contributed by atoms with Crippen LogP contribution in [0.25, 0.3) is 11.4 Å². The number of benzene rings is 1. The predicted octanol–water partition coefficient (Wildman–Crippen LogP) is 1.28. The van der Waals surface area contributed by atoms with Gasteiger partial charge in [-0.2, -0.15) is 5.10 Å². The van der Waals surface area contributed by atoms with Crippen LogP contribution in [-0.2, 0) is 16.1 Å². The summed E-state index contributed by atoms with van der Waals surface area (Å²) >= 11 is 0. The van der Waals surface area contributed by atoms with Crippen LogP contribution < -0.4 is 10.1 Å². The minimum absolute atomic E-state index is 0.0973. The first-order valence-electron chi connectivity index (χ1n) is 7.21. The van der Waals surface area contributed by atoms with Crippen LogP contribution in [0.4, 0.5) is 0 Å². The standard InChI is InChI=1S/C15H18N4O3/c1-21-11-6-4-10(5-7-11)14-17-13(18-19-14)9-16-15(20)12-3-2-8-22-12/h4-7,12H,2-3,8-9H2,1H3,(H,16,20)(H,17,18,19)/t12-/m0/s1. The molecule has 1 amide bonds. The van der Waals surface area contributed by atoms with Gasteiger partial charge in [0.15, 0.2) is 5.82 Å². The smallest absolute Gasteiger partial charge is 0.249 e. The average Bonchev–Trinajstić information content (AvgIpc) is 3.24. The molecule has 22 heavy (non-hydrogen) atoms. The van der Waals surface area contributed by atoms with Crippen LogP contribution in [0.5, 0.6) is 5.75 Å². The Morgan fingerprint density at radius 2 is 2.27 bits per heavy atom. The molecule has 0 unspecified atom stereocenters. The normalized spacial score (nSPS) is 17.4. The van der Waals surface area contributed by atoms with E-state index in [1.807, 2.05) is 24.3 Å². The van der Waals surface area contributed by atoms with E-state index in [0.29, 0.717) is 24.8 Å². The lowest BCUT2D eigenvalue weighted by Gasteiger charge is -2.08. The molecule has 116 valence electrons. The second-order valence-electron chi connectivity index (χ2n) is 5.05. The van der Waals surface area contributed by atoms with E-state index in [0.717, 1.165) is 24.2 Å². The molecule has 7 heteroatoms. The first kappa shape index (κ1) is 14.5. The van der Waals surface area contributed by atoms with E-state index in [1.165, 1.54) is 0 Å². The average molecular weight is 302 g/mol. The van der Waals surface area contributed by atoms with Crippen molar-refractivity contribution >= 4 is 5.91 Å². The largest absolute Gasteiger partial charge is 0.497 e. The van der Waals surface area contributed by atoms with Gasteiger partial charge in [0.1, 0.15) is 17.7 Å². The molecular formula is C15H18N4O3. The molecule has 1 aliphatic rings. The number of hydrogen-bond donors (Lipinski definition) is 2. The van der Waals surface area contributed by atoms with Crippen LogP contribution in [0, 0.1) is 0 Å². The Labute approximate surface area is 128 Å². The van der Waals surface area contributed by atoms with Gasteiger partial charge in [0.2, 0.25) is 5.91 Å². The second kappa shape index (κ2) is 6.57. The lowest BCUT2D eigenvalue weighted by molar-refractivity contribution is -0.130. The van der Waals surface area contributed by atoms with E-state index in [4.69, 9.17) is 9.47 Å². The third kappa shape index (κ3) is 3.25. The van der Waals surface area contributed by atoms with Gasteiger partial charge in [0, 0.05) is 12.2 Å².